The van der Waals surface area contributed by atoms with Crippen LogP contribution in [0, 0.1) is 10.1 Å². The monoisotopic (exact) mass is 452 g/mol. The Bertz CT molecular complexity index is 915. The molecular weight excluding hydrogens is 432 g/mol. The van der Waals surface area contributed by atoms with Gasteiger partial charge >= 0.3 is 17.9 Å². The first kappa shape index (κ1) is 24.4. The average Bonchev–Trinajstić information content (AvgIpc) is 2.70. The Morgan fingerprint density at radius 1 is 1.09 bits per heavy atom. The van der Waals surface area contributed by atoms with Crippen LogP contribution in [0.25, 0.3) is 10.4 Å². The van der Waals surface area contributed by atoms with Gasteiger partial charge in [-0.15, -0.1) is 0 Å². The van der Waals surface area contributed by atoms with Crippen LogP contribution < -0.4 is 4.74 Å². The molecule has 1 fully saturated rings. The first-order chi connectivity index (χ1) is 15.1. The third-order valence-electron chi connectivity index (χ3n) is 4.15. The van der Waals surface area contributed by atoms with Crippen LogP contribution >= 0.6 is 0 Å². The van der Waals surface area contributed by atoms with Crippen molar-refractivity contribution in [1.29, 1.82) is 0 Å². The number of benzene rings is 1. The lowest BCUT2D eigenvalue weighted by atomic mass is 9.96. The highest BCUT2D eigenvalue weighted by atomic mass is 16.7. The summed E-state index contributed by atoms with van der Waals surface area (Å²) in [5, 5.41) is 14.4. The van der Waals surface area contributed by atoms with Crippen molar-refractivity contribution in [2.45, 2.75) is 51.4 Å². The number of nitrogens with zero attached hydrogens (tertiary/aromatic N) is 4. The lowest BCUT2D eigenvalue weighted by Crippen LogP contribution is -2.62. The molecule has 5 atom stereocenters. The van der Waals surface area contributed by atoms with Crippen molar-refractivity contribution in [1.82, 2.24) is 0 Å². The molecule has 1 aliphatic rings. The van der Waals surface area contributed by atoms with E-state index >= 15 is 0 Å². The van der Waals surface area contributed by atoms with Crippen molar-refractivity contribution in [2.75, 3.05) is 6.61 Å². The third kappa shape index (κ3) is 6.55. The molecule has 14 heteroatoms. The van der Waals surface area contributed by atoms with Crippen molar-refractivity contribution in [3.8, 4) is 5.75 Å². The lowest BCUT2D eigenvalue weighted by molar-refractivity contribution is -0.384. The summed E-state index contributed by atoms with van der Waals surface area (Å²) in [6.45, 7) is 2.96. The molecular formula is C18H20N4O10. The first-order valence-corrected chi connectivity index (χ1v) is 9.21. The SMILES string of the molecule is CC(=O)OC[C@H]1O[C@@H](Oc2ccc([N+](=O)[O-])cc2)[C@@H](N=[N+]=[N-])[C@H](OC(C)=O)[C@@H]1OC(C)=O. The third-order valence-corrected chi connectivity index (χ3v) is 4.15. The Hall–Kier alpha value is -3.90. The predicted octanol–water partition coefficient (Wildman–Crippen LogP) is 1.80. The van der Waals surface area contributed by atoms with Crippen molar-refractivity contribution < 1.29 is 43.0 Å². The number of esters is 3. The van der Waals surface area contributed by atoms with Gasteiger partial charge in [-0.25, -0.2) is 0 Å². The molecule has 0 aliphatic carbocycles. The van der Waals surface area contributed by atoms with Gasteiger partial charge in [-0.2, -0.15) is 0 Å². The summed E-state index contributed by atoms with van der Waals surface area (Å²) in [5.74, 6) is -2.06. The molecule has 14 nitrogen and oxygen atoms in total. The molecule has 1 aromatic carbocycles. The largest absolute Gasteiger partial charge is 0.464 e. The van der Waals surface area contributed by atoms with Gasteiger partial charge in [-0.05, 0) is 17.7 Å². The Morgan fingerprint density at radius 2 is 1.69 bits per heavy atom. The summed E-state index contributed by atoms with van der Waals surface area (Å²) in [4.78, 5) is 47.6. The fourth-order valence-corrected chi connectivity index (χ4v) is 2.95. The molecule has 0 N–H and O–H groups in total. The molecule has 0 spiro atoms. The molecule has 1 aliphatic heterocycles. The smallest absolute Gasteiger partial charge is 0.303 e. The molecule has 0 saturated carbocycles. The second kappa shape index (κ2) is 10.9. The second-order valence-electron chi connectivity index (χ2n) is 6.56. The average molecular weight is 452 g/mol. The lowest BCUT2D eigenvalue weighted by Gasteiger charge is -2.43. The van der Waals surface area contributed by atoms with E-state index in [1.165, 1.54) is 24.3 Å². The van der Waals surface area contributed by atoms with E-state index in [9.17, 15) is 24.5 Å². The summed E-state index contributed by atoms with van der Waals surface area (Å²) in [6.07, 6.45) is -5.17. The minimum Gasteiger partial charge on any atom is -0.464 e. The Morgan fingerprint density at radius 3 is 2.19 bits per heavy atom. The van der Waals surface area contributed by atoms with Gasteiger partial charge in [-0.3, -0.25) is 24.5 Å². The molecule has 0 amide bonds. The zero-order chi connectivity index (χ0) is 23.8. The maximum atomic E-state index is 11.7. The van der Waals surface area contributed by atoms with Crippen LogP contribution in [0.3, 0.4) is 0 Å². The minimum atomic E-state index is -1.39. The fraction of sp³-hybridized carbons (Fsp3) is 0.500. The summed E-state index contributed by atoms with van der Waals surface area (Å²) < 4.78 is 26.8. The van der Waals surface area contributed by atoms with Crippen LogP contribution in [0.1, 0.15) is 20.8 Å². The number of carbonyl (C=O) groups excluding carboxylic acids is 3. The number of non-ortho nitro benzene ring substituents is 1. The van der Waals surface area contributed by atoms with Gasteiger partial charge in [0.1, 0.15) is 24.5 Å². The van der Waals surface area contributed by atoms with Crippen LogP contribution in [-0.4, -0.2) is 60.1 Å². The summed E-state index contributed by atoms with van der Waals surface area (Å²) in [7, 11) is 0. The summed E-state index contributed by atoms with van der Waals surface area (Å²) in [5.41, 5.74) is 8.83. The quantitative estimate of drug-likeness (QED) is 0.107. The molecule has 2 rings (SSSR count). The summed E-state index contributed by atoms with van der Waals surface area (Å²) >= 11 is 0. The minimum absolute atomic E-state index is 0.109. The predicted molar refractivity (Wildman–Crippen MR) is 103 cm³/mol. The molecule has 1 saturated heterocycles. The molecule has 32 heavy (non-hydrogen) atoms. The molecule has 1 aromatic rings. The van der Waals surface area contributed by atoms with E-state index < -0.39 is 60.1 Å². The van der Waals surface area contributed by atoms with Crippen molar-refractivity contribution in [3.63, 3.8) is 0 Å². The van der Waals surface area contributed by atoms with Gasteiger partial charge in [0.05, 0.1) is 4.92 Å². The van der Waals surface area contributed by atoms with Gasteiger partial charge in [0.2, 0.25) is 6.29 Å². The number of azide groups is 1. The zero-order valence-electron chi connectivity index (χ0n) is 17.3. The molecule has 0 unspecified atom stereocenters. The molecule has 1 heterocycles. The van der Waals surface area contributed by atoms with E-state index in [2.05, 4.69) is 10.0 Å². The van der Waals surface area contributed by atoms with Crippen molar-refractivity contribution in [2.24, 2.45) is 5.11 Å². The number of hydrogen-bond acceptors (Lipinski definition) is 11. The molecule has 172 valence electrons. The van der Waals surface area contributed by atoms with Crippen LogP contribution in [-0.2, 0) is 33.3 Å². The van der Waals surface area contributed by atoms with Crippen LogP contribution in [0.4, 0.5) is 5.69 Å². The Balaban J connectivity index is 2.41. The second-order valence-corrected chi connectivity index (χ2v) is 6.56. The maximum absolute atomic E-state index is 11.7. The number of nitro groups is 1. The van der Waals surface area contributed by atoms with Crippen LogP contribution in [0.15, 0.2) is 29.4 Å². The van der Waals surface area contributed by atoms with E-state index in [0.717, 1.165) is 20.8 Å². The fourth-order valence-electron chi connectivity index (χ4n) is 2.95. The van der Waals surface area contributed by atoms with Crippen LogP contribution in [0.2, 0.25) is 0 Å². The zero-order valence-corrected chi connectivity index (χ0v) is 17.3. The number of ether oxygens (including phenoxy) is 5. The van der Waals surface area contributed by atoms with Gasteiger partial charge in [0, 0.05) is 37.8 Å². The topological polar surface area (TPSA) is 189 Å². The van der Waals surface area contributed by atoms with E-state index in [1.807, 2.05) is 0 Å². The number of carbonyl (C=O) groups is 3. The van der Waals surface area contributed by atoms with E-state index in [-0.39, 0.29) is 11.4 Å². The van der Waals surface area contributed by atoms with Gasteiger partial charge in [0.25, 0.3) is 5.69 Å². The highest BCUT2D eigenvalue weighted by Gasteiger charge is 2.51. The Labute approximate surface area is 181 Å². The van der Waals surface area contributed by atoms with E-state index in [4.69, 9.17) is 29.2 Å². The highest BCUT2D eigenvalue weighted by Crippen LogP contribution is 2.31. The van der Waals surface area contributed by atoms with E-state index in [0.29, 0.717) is 0 Å². The number of nitro benzene ring substituents is 1. The van der Waals surface area contributed by atoms with Gasteiger partial charge in [-0.1, -0.05) is 5.11 Å². The van der Waals surface area contributed by atoms with Crippen LogP contribution in [0.5, 0.6) is 5.75 Å². The number of hydrogen-bond donors (Lipinski definition) is 0. The number of rotatable bonds is 8. The molecule has 0 radical (unpaired) electrons. The highest BCUT2D eigenvalue weighted by molar-refractivity contribution is 5.68. The van der Waals surface area contributed by atoms with Crippen molar-refractivity contribution >= 4 is 23.6 Å². The standard InChI is InChI=1S/C18H20N4O10/c1-9(23)28-8-14-16(29-10(2)24)17(30-11(3)25)15(20-21-19)18(32-14)31-13-6-4-12(5-7-13)22(26)27/h4-7,14-18H,8H2,1-3H3/t14-,15+,16-,17+,18-/m1/s1. The maximum Gasteiger partial charge on any atom is 0.303 e. The Kier molecular flexibility index (Phi) is 8.32. The van der Waals surface area contributed by atoms with Gasteiger partial charge < -0.3 is 23.7 Å². The van der Waals surface area contributed by atoms with Gasteiger partial charge in [0.15, 0.2) is 12.2 Å². The first-order valence-electron chi connectivity index (χ1n) is 9.21. The normalized spacial score (nSPS) is 24.4. The van der Waals surface area contributed by atoms with E-state index in [1.54, 1.807) is 0 Å². The summed E-state index contributed by atoms with van der Waals surface area (Å²) in [6, 6.07) is 3.62. The molecule has 0 bridgehead atoms. The van der Waals surface area contributed by atoms with Crippen molar-refractivity contribution in [3.05, 3.63) is 44.8 Å². The molecule has 0 aromatic heterocycles.